The van der Waals surface area contributed by atoms with E-state index in [1.165, 1.54) is 10.7 Å². The third kappa shape index (κ3) is 3.96. The molecule has 2 aromatic heterocycles. The molecular formula is C14H20N2O4. The quantitative estimate of drug-likeness (QED) is 0.897. The molecule has 20 heavy (non-hydrogen) atoms. The molecule has 2 N–H and O–H groups in total. The van der Waals surface area contributed by atoms with E-state index in [0.717, 1.165) is 0 Å². The zero-order valence-corrected chi connectivity index (χ0v) is 12.1. The molecule has 110 valence electrons. The summed E-state index contributed by atoms with van der Waals surface area (Å²) in [7, 11) is 0. The van der Waals surface area contributed by atoms with Crippen molar-refractivity contribution in [3.05, 3.63) is 30.1 Å². The van der Waals surface area contributed by atoms with Gasteiger partial charge in [-0.1, -0.05) is 13.8 Å². The Hall–Kier alpha value is -2.08. The van der Waals surface area contributed by atoms with Crippen LogP contribution in [0.2, 0.25) is 0 Å². The summed E-state index contributed by atoms with van der Waals surface area (Å²) in [5, 5.41) is 22.4. The van der Waals surface area contributed by atoms with E-state index in [0.29, 0.717) is 11.3 Å². The van der Waals surface area contributed by atoms with Crippen LogP contribution in [0.4, 0.5) is 0 Å². The first-order valence-corrected chi connectivity index (χ1v) is 6.43. The van der Waals surface area contributed by atoms with Crippen LogP contribution in [0.15, 0.2) is 24.5 Å². The fourth-order valence-electron chi connectivity index (χ4n) is 1.48. The van der Waals surface area contributed by atoms with Gasteiger partial charge in [0.2, 0.25) is 0 Å². The van der Waals surface area contributed by atoms with Crippen LogP contribution in [0.1, 0.15) is 38.1 Å². The van der Waals surface area contributed by atoms with Crippen molar-refractivity contribution < 1.29 is 19.7 Å². The summed E-state index contributed by atoms with van der Waals surface area (Å²) in [4.78, 5) is 10.9. The van der Waals surface area contributed by atoms with Crippen LogP contribution in [0, 0.1) is 0 Å². The summed E-state index contributed by atoms with van der Waals surface area (Å²) in [5.41, 5.74) is -0.284. The molecule has 0 aromatic carbocycles. The SMILES string of the molecule is CC.CC(C)(O)COc1ccc2c(C(=O)O)cnn2c1. The zero-order valence-electron chi connectivity index (χ0n) is 12.1. The van der Waals surface area contributed by atoms with Gasteiger partial charge in [0.1, 0.15) is 17.9 Å². The van der Waals surface area contributed by atoms with Crippen molar-refractivity contribution >= 4 is 11.5 Å². The highest BCUT2D eigenvalue weighted by molar-refractivity contribution is 5.95. The first-order chi connectivity index (χ1) is 9.37. The van der Waals surface area contributed by atoms with Crippen LogP contribution in [-0.2, 0) is 0 Å². The lowest BCUT2D eigenvalue weighted by molar-refractivity contribution is 0.0283. The standard InChI is InChI=1S/C12H14N2O4.C2H6/c1-12(2,17)7-18-8-3-4-10-9(11(15)16)5-13-14(10)6-8;1-2/h3-6,17H,7H2,1-2H3,(H,15,16);1-2H3. The first-order valence-electron chi connectivity index (χ1n) is 6.43. The van der Waals surface area contributed by atoms with Crippen molar-refractivity contribution in [2.24, 2.45) is 0 Å². The van der Waals surface area contributed by atoms with Crippen LogP contribution >= 0.6 is 0 Å². The third-order valence-electron chi connectivity index (χ3n) is 2.31. The minimum absolute atomic E-state index is 0.143. The van der Waals surface area contributed by atoms with Crippen molar-refractivity contribution in [2.75, 3.05) is 6.61 Å². The molecule has 0 aliphatic carbocycles. The van der Waals surface area contributed by atoms with Crippen LogP contribution < -0.4 is 4.74 Å². The van der Waals surface area contributed by atoms with E-state index in [9.17, 15) is 9.90 Å². The molecule has 0 amide bonds. The Labute approximate surface area is 117 Å². The molecule has 0 fully saturated rings. The molecule has 2 rings (SSSR count). The van der Waals surface area contributed by atoms with Crippen molar-refractivity contribution in [2.45, 2.75) is 33.3 Å². The number of fused-ring (bicyclic) bond motifs is 1. The van der Waals surface area contributed by atoms with Gasteiger partial charge in [0, 0.05) is 0 Å². The van der Waals surface area contributed by atoms with Gasteiger partial charge in [-0.15, -0.1) is 0 Å². The molecule has 0 aliphatic heterocycles. The van der Waals surface area contributed by atoms with Gasteiger partial charge >= 0.3 is 5.97 Å². The lowest BCUT2D eigenvalue weighted by Crippen LogP contribution is -2.27. The molecule has 0 spiro atoms. The Morgan fingerprint density at radius 3 is 2.60 bits per heavy atom. The number of rotatable bonds is 4. The van der Waals surface area contributed by atoms with E-state index in [4.69, 9.17) is 9.84 Å². The van der Waals surface area contributed by atoms with E-state index in [1.54, 1.807) is 32.2 Å². The highest BCUT2D eigenvalue weighted by Crippen LogP contribution is 2.17. The number of hydrogen-bond acceptors (Lipinski definition) is 4. The fraction of sp³-hybridized carbons (Fsp3) is 0.429. The van der Waals surface area contributed by atoms with Crippen LogP contribution in [0.5, 0.6) is 5.75 Å². The topological polar surface area (TPSA) is 84.1 Å². The smallest absolute Gasteiger partial charge is 0.339 e. The number of aromatic nitrogens is 2. The van der Waals surface area contributed by atoms with Crippen molar-refractivity contribution in [3.8, 4) is 5.75 Å². The molecule has 0 atom stereocenters. The van der Waals surface area contributed by atoms with Crippen LogP contribution in [-0.4, -0.2) is 38.0 Å². The number of nitrogens with zero attached hydrogens (tertiary/aromatic N) is 2. The normalized spacial score (nSPS) is 10.8. The number of carboxylic acid groups (broad SMARTS) is 1. The Morgan fingerprint density at radius 2 is 2.05 bits per heavy atom. The van der Waals surface area contributed by atoms with Gasteiger partial charge in [0.05, 0.1) is 23.5 Å². The molecule has 0 saturated carbocycles. The van der Waals surface area contributed by atoms with Crippen molar-refractivity contribution in [3.63, 3.8) is 0 Å². The van der Waals surface area contributed by atoms with Gasteiger partial charge in [-0.3, -0.25) is 0 Å². The summed E-state index contributed by atoms with van der Waals surface area (Å²) in [6.45, 7) is 7.43. The van der Waals surface area contributed by atoms with Crippen LogP contribution in [0.25, 0.3) is 5.52 Å². The predicted molar refractivity (Wildman–Crippen MR) is 75.3 cm³/mol. The molecule has 0 saturated heterocycles. The second kappa shape index (κ2) is 6.38. The molecule has 6 nitrogen and oxygen atoms in total. The molecule has 2 aromatic rings. The maximum atomic E-state index is 10.9. The van der Waals surface area contributed by atoms with E-state index in [1.807, 2.05) is 13.8 Å². The lowest BCUT2D eigenvalue weighted by Gasteiger charge is -2.17. The van der Waals surface area contributed by atoms with Gasteiger partial charge in [-0.2, -0.15) is 5.10 Å². The number of carboxylic acids is 1. The second-order valence-electron chi connectivity index (χ2n) is 4.66. The van der Waals surface area contributed by atoms with Crippen molar-refractivity contribution in [1.29, 1.82) is 0 Å². The maximum Gasteiger partial charge on any atom is 0.339 e. The van der Waals surface area contributed by atoms with Gasteiger partial charge in [0.15, 0.2) is 0 Å². The third-order valence-corrected chi connectivity index (χ3v) is 2.31. The fourth-order valence-corrected chi connectivity index (χ4v) is 1.48. The largest absolute Gasteiger partial charge is 0.489 e. The minimum atomic E-state index is -1.02. The van der Waals surface area contributed by atoms with E-state index in [-0.39, 0.29) is 12.2 Å². The van der Waals surface area contributed by atoms with E-state index >= 15 is 0 Å². The Bertz CT molecular complexity index is 584. The minimum Gasteiger partial charge on any atom is -0.489 e. The van der Waals surface area contributed by atoms with Crippen molar-refractivity contribution in [1.82, 2.24) is 9.61 Å². The number of carbonyl (C=O) groups is 1. The van der Waals surface area contributed by atoms with Gasteiger partial charge < -0.3 is 14.9 Å². The second-order valence-corrected chi connectivity index (χ2v) is 4.66. The molecule has 0 bridgehead atoms. The molecule has 6 heteroatoms. The molecule has 0 radical (unpaired) electrons. The van der Waals surface area contributed by atoms with Gasteiger partial charge in [0.25, 0.3) is 0 Å². The number of hydrogen-bond donors (Lipinski definition) is 2. The first kappa shape index (κ1) is 16.0. The summed E-state index contributed by atoms with van der Waals surface area (Å²) < 4.78 is 6.82. The Morgan fingerprint density at radius 1 is 1.40 bits per heavy atom. The molecule has 0 aliphatic rings. The van der Waals surface area contributed by atoms with E-state index in [2.05, 4.69) is 5.10 Å². The average molecular weight is 280 g/mol. The zero-order chi connectivity index (χ0) is 15.3. The monoisotopic (exact) mass is 280 g/mol. The Kier molecular flexibility index (Phi) is 5.10. The summed E-state index contributed by atoms with van der Waals surface area (Å²) in [5.74, 6) is -0.500. The molecular weight excluding hydrogens is 260 g/mol. The predicted octanol–water partition coefficient (Wildman–Crippen LogP) is 2.21. The summed E-state index contributed by atoms with van der Waals surface area (Å²) >= 11 is 0. The highest BCUT2D eigenvalue weighted by atomic mass is 16.5. The maximum absolute atomic E-state index is 10.9. The van der Waals surface area contributed by atoms with Gasteiger partial charge in [-0.05, 0) is 26.0 Å². The van der Waals surface area contributed by atoms with Gasteiger partial charge in [-0.25, -0.2) is 9.31 Å². The van der Waals surface area contributed by atoms with Crippen LogP contribution in [0.3, 0.4) is 0 Å². The van der Waals surface area contributed by atoms with E-state index < -0.39 is 11.6 Å². The lowest BCUT2D eigenvalue weighted by atomic mass is 10.2. The number of ether oxygens (including phenoxy) is 1. The molecule has 0 unspecified atom stereocenters. The summed E-state index contributed by atoms with van der Waals surface area (Å²) in [6.07, 6.45) is 2.87. The average Bonchev–Trinajstić information content (AvgIpc) is 2.81. The Balaban J connectivity index is 0.000000956. The highest BCUT2D eigenvalue weighted by Gasteiger charge is 2.15. The number of pyridine rings is 1. The number of aliphatic hydroxyl groups is 1. The number of aromatic carboxylic acids is 1. The molecule has 2 heterocycles. The summed E-state index contributed by atoms with van der Waals surface area (Å²) in [6, 6.07) is 3.27.